The molecule has 2 aromatic carbocycles. The highest BCUT2D eigenvalue weighted by atomic mass is 16.5. The summed E-state index contributed by atoms with van der Waals surface area (Å²) in [5.74, 6) is 1.43. The quantitative estimate of drug-likeness (QED) is 0.428. The molecule has 1 atom stereocenters. The van der Waals surface area contributed by atoms with Crippen LogP contribution in [0.4, 0.5) is 5.69 Å². The monoisotopic (exact) mass is 436 g/mol. The maximum Gasteiger partial charge on any atom is 0.224 e. The molecule has 0 aliphatic heterocycles. The summed E-state index contributed by atoms with van der Waals surface area (Å²) in [4.78, 5) is 13.2. The number of nitrogens with zero attached hydrogens (tertiary/aromatic N) is 1. The smallest absolute Gasteiger partial charge is 0.224 e. The summed E-state index contributed by atoms with van der Waals surface area (Å²) in [6.07, 6.45) is 4.52. The molecular weight excluding hydrogens is 400 g/mol. The highest BCUT2D eigenvalue weighted by Gasteiger charge is 2.23. The first-order valence-corrected chi connectivity index (χ1v) is 11.3. The Morgan fingerprint density at radius 3 is 2.44 bits per heavy atom. The Hall–Kier alpha value is -3.00. The van der Waals surface area contributed by atoms with Gasteiger partial charge in [-0.05, 0) is 47.1 Å². The van der Waals surface area contributed by atoms with Gasteiger partial charge in [0.25, 0.3) is 0 Å². The summed E-state index contributed by atoms with van der Waals surface area (Å²) in [7, 11) is 3.27. The van der Waals surface area contributed by atoms with Gasteiger partial charge in [0.2, 0.25) is 5.91 Å². The second-order valence-corrected chi connectivity index (χ2v) is 9.18. The molecule has 2 rings (SSSR count). The standard InChI is InChI=1S/C27H36N2O3/c1-7-8-9-10-20(22-13-12-21(31-5)17-25(22)32-6)16-26(30)29-24-15-19(18-28)11-14-23(24)27(2,3)4/h11-15,17,20H,7-10,16H2,1-6H3,(H,29,30). The molecule has 0 aliphatic carbocycles. The molecule has 5 nitrogen and oxygen atoms in total. The number of nitrogens with one attached hydrogen (secondary N) is 1. The molecule has 0 radical (unpaired) electrons. The molecule has 0 saturated heterocycles. The van der Waals surface area contributed by atoms with E-state index in [9.17, 15) is 10.1 Å². The van der Waals surface area contributed by atoms with Gasteiger partial charge in [-0.15, -0.1) is 0 Å². The number of amides is 1. The lowest BCUT2D eigenvalue weighted by Gasteiger charge is -2.24. The summed E-state index contributed by atoms with van der Waals surface area (Å²) in [5, 5.41) is 12.4. The second-order valence-electron chi connectivity index (χ2n) is 9.18. The van der Waals surface area contributed by atoms with Gasteiger partial charge in [-0.25, -0.2) is 0 Å². The number of hydrogen-bond donors (Lipinski definition) is 1. The molecule has 0 bridgehead atoms. The van der Waals surface area contributed by atoms with Crippen LogP contribution in [0.5, 0.6) is 11.5 Å². The Morgan fingerprint density at radius 2 is 1.84 bits per heavy atom. The summed E-state index contributed by atoms with van der Waals surface area (Å²) in [5.41, 5.74) is 3.10. The van der Waals surface area contributed by atoms with Gasteiger partial charge < -0.3 is 14.8 Å². The van der Waals surface area contributed by atoms with Gasteiger partial charge in [0, 0.05) is 18.2 Å². The molecule has 172 valence electrons. The van der Waals surface area contributed by atoms with Gasteiger partial charge in [-0.2, -0.15) is 5.26 Å². The van der Waals surface area contributed by atoms with E-state index in [1.54, 1.807) is 26.4 Å². The maximum absolute atomic E-state index is 13.2. The zero-order valence-electron chi connectivity index (χ0n) is 20.2. The Balaban J connectivity index is 2.31. The van der Waals surface area contributed by atoms with Crippen molar-refractivity contribution < 1.29 is 14.3 Å². The average Bonchev–Trinajstić information content (AvgIpc) is 2.77. The lowest BCUT2D eigenvalue weighted by molar-refractivity contribution is -0.116. The Labute approximate surface area is 192 Å². The van der Waals surface area contributed by atoms with Gasteiger partial charge in [-0.3, -0.25) is 4.79 Å². The van der Waals surface area contributed by atoms with Crippen LogP contribution < -0.4 is 14.8 Å². The highest BCUT2D eigenvalue weighted by Crippen LogP contribution is 2.36. The van der Waals surface area contributed by atoms with E-state index in [0.717, 1.165) is 48.3 Å². The van der Waals surface area contributed by atoms with Crippen molar-refractivity contribution >= 4 is 11.6 Å². The number of ether oxygens (including phenoxy) is 2. The molecule has 0 heterocycles. The van der Waals surface area contributed by atoms with Crippen molar-refractivity contribution in [3.05, 3.63) is 53.1 Å². The van der Waals surface area contributed by atoms with Crippen LogP contribution in [0.2, 0.25) is 0 Å². The third kappa shape index (κ3) is 6.75. The molecule has 1 unspecified atom stereocenters. The molecule has 1 N–H and O–H groups in total. The van der Waals surface area contributed by atoms with E-state index >= 15 is 0 Å². The molecule has 5 heteroatoms. The fourth-order valence-corrected chi connectivity index (χ4v) is 3.96. The minimum absolute atomic E-state index is 0.0274. The van der Waals surface area contributed by atoms with Crippen molar-refractivity contribution in [3.63, 3.8) is 0 Å². The number of nitriles is 1. The number of unbranched alkanes of at least 4 members (excludes halogenated alkanes) is 2. The topological polar surface area (TPSA) is 71.4 Å². The van der Waals surface area contributed by atoms with E-state index in [4.69, 9.17) is 9.47 Å². The summed E-state index contributed by atoms with van der Waals surface area (Å²) in [6.45, 7) is 8.46. The third-order valence-corrected chi connectivity index (χ3v) is 5.70. The van der Waals surface area contributed by atoms with Gasteiger partial charge in [0.05, 0.1) is 25.9 Å². The molecule has 0 saturated carbocycles. The van der Waals surface area contributed by atoms with E-state index in [2.05, 4.69) is 39.1 Å². The number of benzene rings is 2. The normalized spacial score (nSPS) is 12.0. The van der Waals surface area contributed by atoms with E-state index < -0.39 is 0 Å². The van der Waals surface area contributed by atoms with E-state index in [1.165, 1.54) is 0 Å². The predicted octanol–water partition coefficient (Wildman–Crippen LogP) is 6.57. The fourth-order valence-electron chi connectivity index (χ4n) is 3.96. The van der Waals surface area contributed by atoms with Crippen LogP contribution in [-0.2, 0) is 10.2 Å². The highest BCUT2D eigenvalue weighted by molar-refractivity contribution is 5.92. The molecule has 32 heavy (non-hydrogen) atoms. The van der Waals surface area contributed by atoms with Crippen LogP contribution in [0.25, 0.3) is 0 Å². The zero-order chi connectivity index (χ0) is 23.7. The average molecular weight is 437 g/mol. The number of methoxy groups -OCH3 is 2. The Bertz CT molecular complexity index is 954. The molecule has 1 amide bonds. The van der Waals surface area contributed by atoms with Crippen LogP contribution in [0.15, 0.2) is 36.4 Å². The molecule has 0 spiro atoms. The first-order chi connectivity index (χ1) is 15.2. The maximum atomic E-state index is 13.2. The number of rotatable bonds is 10. The Morgan fingerprint density at radius 1 is 1.09 bits per heavy atom. The van der Waals surface area contributed by atoms with Gasteiger partial charge in [0.15, 0.2) is 0 Å². The molecule has 0 aliphatic rings. The van der Waals surface area contributed by atoms with Crippen LogP contribution in [0.1, 0.15) is 82.4 Å². The minimum atomic E-state index is -0.156. The first-order valence-electron chi connectivity index (χ1n) is 11.3. The molecule has 0 aromatic heterocycles. The van der Waals surface area contributed by atoms with E-state index in [0.29, 0.717) is 17.7 Å². The number of carbonyl (C=O) groups excluding carboxylic acids is 1. The molecule has 2 aromatic rings. The molecular formula is C27H36N2O3. The lowest BCUT2D eigenvalue weighted by atomic mass is 9.85. The second kappa shape index (κ2) is 11.6. The SMILES string of the molecule is CCCCCC(CC(=O)Nc1cc(C#N)ccc1C(C)(C)C)c1ccc(OC)cc1OC. The van der Waals surface area contributed by atoms with Gasteiger partial charge >= 0.3 is 0 Å². The predicted molar refractivity (Wildman–Crippen MR) is 130 cm³/mol. The number of carbonyl (C=O) groups is 1. The van der Waals surface area contributed by atoms with Crippen molar-refractivity contribution in [1.82, 2.24) is 0 Å². The largest absolute Gasteiger partial charge is 0.497 e. The van der Waals surface area contributed by atoms with Crippen molar-refractivity contribution in [3.8, 4) is 17.6 Å². The minimum Gasteiger partial charge on any atom is -0.497 e. The van der Waals surface area contributed by atoms with Crippen LogP contribution in [-0.4, -0.2) is 20.1 Å². The van der Waals surface area contributed by atoms with Crippen LogP contribution in [0.3, 0.4) is 0 Å². The van der Waals surface area contributed by atoms with Crippen molar-refractivity contribution in [2.24, 2.45) is 0 Å². The summed E-state index contributed by atoms with van der Waals surface area (Å²) < 4.78 is 11.0. The van der Waals surface area contributed by atoms with Gasteiger partial charge in [-0.1, -0.05) is 59.1 Å². The van der Waals surface area contributed by atoms with Crippen LogP contribution in [0, 0.1) is 11.3 Å². The zero-order valence-corrected chi connectivity index (χ0v) is 20.2. The van der Waals surface area contributed by atoms with Crippen molar-refractivity contribution in [1.29, 1.82) is 5.26 Å². The summed E-state index contributed by atoms with van der Waals surface area (Å²) >= 11 is 0. The molecule has 0 fully saturated rings. The van der Waals surface area contributed by atoms with E-state index in [1.807, 2.05) is 24.3 Å². The lowest BCUT2D eigenvalue weighted by Crippen LogP contribution is -2.20. The van der Waals surface area contributed by atoms with Crippen LogP contribution >= 0.6 is 0 Å². The van der Waals surface area contributed by atoms with Crippen molar-refractivity contribution in [2.45, 2.75) is 71.1 Å². The number of anilines is 1. The first kappa shape index (κ1) is 25.3. The Kier molecular flexibility index (Phi) is 9.13. The van der Waals surface area contributed by atoms with Crippen molar-refractivity contribution in [2.75, 3.05) is 19.5 Å². The summed E-state index contributed by atoms with van der Waals surface area (Å²) in [6, 6.07) is 13.4. The fraction of sp³-hybridized carbons (Fsp3) is 0.481. The van der Waals surface area contributed by atoms with Gasteiger partial charge in [0.1, 0.15) is 11.5 Å². The van der Waals surface area contributed by atoms with E-state index in [-0.39, 0.29) is 17.2 Å². The third-order valence-electron chi connectivity index (χ3n) is 5.70. The number of hydrogen-bond acceptors (Lipinski definition) is 4.